The molecule has 0 fully saturated rings. The Labute approximate surface area is 236 Å². The van der Waals surface area contributed by atoms with Crippen LogP contribution in [0.1, 0.15) is 42.7 Å². The van der Waals surface area contributed by atoms with E-state index in [1.165, 1.54) is 33.0 Å². The minimum absolute atomic E-state index is 0.163. The van der Waals surface area contributed by atoms with Crippen molar-refractivity contribution < 1.29 is 18.4 Å². The minimum atomic E-state index is -2.19. The number of aromatic nitrogens is 3. The van der Waals surface area contributed by atoms with E-state index in [1.807, 2.05) is 30.3 Å². The second kappa shape index (κ2) is 10.9. The molecule has 208 valence electrons. The molecule has 2 N–H and O–H groups in total. The monoisotopic (exact) mass is 553 g/mol. The van der Waals surface area contributed by atoms with Crippen LogP contribution < -0.4 is 10.2 Å². The Morgan fingerprint density at radius 3 is 2.37 bits per heavy atom. The molecule has 2 aromatic heterocycles. The molecular formula is C32H29F2N5O2. The molecule has 0 unspecified atom stereocenters. The van der Waals surface area contributed by atoms with E-state index in [2.05, 4.69) is 20.3 Å². The van der Waals surface area contributed by atoms with Crippen LogP contribution in [-0.2, 0) is 4.79 Å². The SMILES string of the molecule is C[C@@H](NC(=O)c1cccc(-c2cnc(-c3cc4ccccc4cn3)[nH]2)c1N(C)C(=O)C(C)(C)F)c1ccc(F)cc1. The van der Waals surface area contributed by atoms with Gasteiger partial charge in [-0.25, -0.2) is 13.8 Å². The van der Waals surface area contributed by atoms with E-state index in [0.717, 1.165) is 15.7 Å². The van der Waals surface area contributed by atoms with Gasteiger partial charge in [0, 0.05) is 24.2 Å². The normalized spacial score (nSPS) is 12.2. The predicted octanol–water partition coefficient (Wildman–Crippen LogP) is 6.63. The van der Waals surface area contributed by atoms with Crippen molar-refractivity contribution in [3.63, 3.8) is 0 Å². The topological polar surface area (TPSA) is 91.0 Å². The Bertz CT molecular complexity index is 1740. The fourth-order valence-corrected chi connectivity index (χ4v) is 4.72. The molecule has 0 bridgehead atoms. The maximum atomic E-state index is 14.9. The first-order valence-corrected chi connectivity index (χ1v) is 13.1. The van der Waals surface area contributed by atoms with Crippen molar-refractivity contribution >= 4 is 28.3 Å². The number of hydrogen-bond donors (Lipinski definition) is 2. The van der Waals surface area contributed by atoms with Crippen molar-refractivity contribution in [3.05, 3.63) is 102 Å². The highest BCUT2D eigenvalue weighted by atomic mass is 19.1. The first-order chi connectivity index (χ1) is 19.5. The van der Waals surface area contributed by atoms with Gasteiger partial charge in [-0.3, -0.25) is 14.6 Å². The lowest BCUT2D eigenvalue weighted by Crippen LogP contribution is -2.41. The summed E-state index contributed by atoms with van der Waals surface area (Å²) in [5.74, 6) is -1.18. The number of halogens is 2. The third-order valence-corrected chi connectivity index (χ3v) is 6.89. The van der Waals surface area contributed by atoms with Crippen molar-refractivity contribution in [1.29, 1.82) is 0 Å². The molecule has 0 saturated carbocycles. The molecule has 5 aromatic rings. The van der Waals surface area contributed by atoms with Crippen LogP contribution in [0.3, 0.4) is 0 Å². The quantitative estimate of drug-likeness (QED) is 0.237. The number of para-hydroxylation sites is 1. The molecule has 0 radical (unpaired) electrons. The fourth-order valence-electron chi connectivity index (χ4n) is 4.72. The number of benzene rings is 3. The van der Waals surface area contributed by atoms with E-state index >= 15 is 0 Å². The van der Waals surface area contributed by atoms with Gasteiger partial charge in [-0.1, -0.05) is 48.5 Å². The van der Waals surface area contributed by atoms with Gasteiger partial charge in [-0.15, -0.1) is 0 Å². The highest BCUT2D eigenvalue weighted by Gasteiger charge is 2.34. The number of carbonyl (C=O) groups is 2. The summed E-state index contributed by atoms with van der Waals surface area (Å²) in [5, 5.41) is 4.90. The number of hydrogen-bond acceptors (Lipinski definition) is 4. The zero-order chi connectivity index (χ0) is 29.3. The third-order valence-electron chi connectivity index (χ3n) is 6.89. The summed E-state index contributed by atoms with van der Waals surface area (Å²) in [6.07, 6.45) is 3.36. The number of imidazole rings is 1. The highest BCUT2D eigenvalue weighted by molar-refractivity contribution is 6.10. The van der Waals surface area contributed by atoms with E-state index in [-0.39, 0.29) is 17.1 Å². The van der Waals surface area contributed by atoms with Gasteiger partial charge in [0.2, 0.25) is 0 Å². The number of nitrogens with one attached hydrogen (secondary N) is 2. The number of alkyl halides is 1. The van der Waals surface area contributed by atoms with Crippen LogP contribution >= 0.6 is 0 Å². The third kappa shape index (κ3) is 5.70. The number of rotatable bonds is 7. The van der Waals surface area contributed by atoms with Crippen molar-refractivity contribution in [3.8, 4) is 22.8 Å². The first kappa shape index (κ1) is 27.6. The number of anilines is 1. The van der Waals surface area contributed by atoms with Crippen molar-refractivity contribution in [2.75, 3.05) is 11.9 Å². The van der Waals surface area contributed by atoms with E-state index < -0.39 is 23.5 Å². The molecule has 41 heavy (non-hydrogen) atoms. The maximum absolute atomic E-state index is 14.9. The molecule has 0 aliphatic rings. The molecule has 2 heterocycles. The smallest absolute Gasteiger partial charge is 0.263 e. The standard InChI is InChI=1S/C32H29F2N5O2/c1-19(20-12-14-23(33)15-13-20)37-30(40)25-11-7-10-24(28(25)39(4)31(41)32(2,3)34)27-18-36-29(38-27)26-16-21-8-5-6-9-22(21)17-35-26/h5-19H,1-4H3,(H,36,38)(H,37,40)/t19-/m1/s1. The van der Waals surface area contributed by atoms with Gasteiger partial charge in [-0.05, 0) is 56.0 Å². The average molecular weight is 554 g/mol. The number of aromatic amines is 1. The molecule has 0 spiro atoms. The number of amides is 2. The maximum Gasteiger partial charge on any atom is 0.263 e. The fraction of sp³-hybridized carbons (Fsp3) is 0.188. The van der Waals surface area contributed by atoms with Gasteiger partial charge < -0.3 is 15.2 Å². The zero-order valence-electron chi connectivity index (χ0n) is 23.1. The average Bonchev–Trinajstić information content (AvgIpc) is 3.46. The van der Waals surface area contributed by atoms with Crippen LogP contribution in [0.4, 0.5) is 14.5 Å². The Morgan fingerprint density at radius 2 is 1.66 bits per heavy atom. The number of pyridine rings is 1. The van der Waals surface area contributed by atoms with Gasteiger partial charge >= 0.3 is 0 Å². The lowest BCUT2D eigenvalue weighted by molar-refractivity contribution is -0.127. The van der Waals surface area contributed by atoms with Crippen LogP contribution in [-0.4, -0.2) is 39.5 Å². The highest BCUT2D eigenvalue weighted by Crippen LogP contribution is 2.35. The molecule has 0 aliphatic heterocycles. The van der Waals surface area contributed by atoms with Gasteiger partial charge in [0.15, 0.2) is 11.5 Å². The Hall–Kier alpha value is -4.92. The number of H-pyrrole nitrogens is 1. The van der Waals surface area contributed by atoms with E-state index in [1.54, 1.807) is 49.6 Å². The molecule has 0 aliphatic carbocycles. The second-order valence-corrected chi connectivity index (χ2v) is 10.3. The predicted molar refractivity (Wildman–Crippen MR) is 156 cm³/mol. The lowest BCUT2D eigenvalue weighted by Gasteiger charge is -2.27. The molecular weight excluding hydrogens is 524 g/mol. The number of nitrogens with zero attached hydrogens (tertiary/aromatic N) is 3. The van der Waals surface area contributed by atoms with Crippen LogP contribution in [0.25, 0.3) is 33.5 Å². The zero-order valence-corrected chi connectivity index (χ0v) is 23.1. The second-order valence-electron chi connectivity index (χ2n) is 10.3. The van der Waals surface area contributed by atoms with Crippen LogP contribution in [0.15, 0.2) is 85.2 Å². The summed E-state index contributed by atoms with van der Waals surface area (Å²) in [5.41, 5.74) is 0.505. The van der Waals surface area contributed by atoms with Gasteiger partial charge in [-0.2, -0.15) is 0 Å². The van der Waals surface area contributed by atoms with Crippen LogP contribution in [0, 0.1) is 5.82 Å². The summed E-state index contributed by atoms with van der Waals surface area (Å²) >= 11 is 0. The van der Waals surface area contributed by atoms with Crippen LogP contribution in [0.5, 0.6) is 0 Å². The van der Waals surface area contributed by atoms with Gasteiger partial charge in [0.25, 0.3) is 11.8 Å². The van der Waals surface area contributed by atoms with Crippen molar-refractivity contribution in [1.82, 2.24) is 20.3 Å². The molecule has 5 rings (SSSR count). The molecule has 3 aromatic carbocycles. The van der Waals surface area contributed by atoms with Gasteiger partial charge in [0.05, 0.1) is 29.2 Å². The van der Waals surface area contributed by atoms with Crippen molar-refractivity contribution in [2.24, 2.45) is 0 Å². The van der Waals surface area contributed by atoms with Crippen molar-refractivity contribution in [2.45, 2.75) is 32.5 Å². The molecule has 9 heteroatoms. The number of fused-ring (bicyclic) bond motifs is 1. The van der Waals surface area contributed by atoms with Gasteiger partial charge in [0.1, 0.15) is 11.5 Å². The van der Waals surface area contributed by atoms with Crippen LogP contribution in [0.2, 0.25) is 0 Å². The van der Waals surface area contributed by atoms with E-state index in [9.17, 15) is 18.4 Å². The summed E-state index contributed by atoms with van der Waals surface area (Å²) in [7, 11) is 1.44. The molecule has 1 atom stereocenters. The summed E-state index contributed by atoms with van der Waals surface area (Å²) in [4.78, 5) is 40.1. The van der Waals surface area contributed by atoms with E-state index in [4.69, 9.17) is 0 Å². The summed E-state index contributed by atoms with van der Waals surface area (Å²) in [6, 6.07) is 20.1. The largest absolute Gasteiger partial charge is 0.345 e. The molecule has 7 nitrogen and oxygen atoms in total. The Kier molecular flexibility index (Phi) is 7.36. The first-order valence-electron chi connectivity index (χ1n) is 13.1. The molecule has 0 saturated heterocycles. The Balaban J connectivity index is 1.56. The summed E-state index contributed by atoms with van der Waals surface area (Å²) < 4.78 is 28.3. The minimum Gasteiger partial charge on any atom is -0.345 e. The molecule has 2 amide bonds. The summed E-state index contributed by atoms with van der Waals surface area (Å²) in [6.45, 7) is 4.11. The lowest BCUT2D eigenvalue weighted by atomic mass is 10.0. The number of carbonyl (C=O) groups excluding carboxylic acids is 2. The Morgan fingerprint density at radius 1 is 0.951 bits per heavy atom. The van der Waals surface area contributed by atoms with E-state index in [0.29, 0.717) is 28.3 Å².